The van der Waals surface area contributed by atoms with Crippen molar-refractivity contribution >= 4 is 34.0 Å². The number of carbonyl (C=O) groups excluding carboxylic acids is 1. The van der Waals surface area contributed by atoms with Crippen LogP contribution in [0.5, 0.6) is 0 Å². The van der Waals surface area contributed by atoms with Gasteiger partial charge in [-0.2, -0.15) is 0 Å². The molecule has 0 heterocycles. The van der Waals surface area contributed by atoms with Crippen molar-refractivity contribution in [3.8, 4) is 0 Å². The highest BCUT2D eigenvalue weighted by molar-refractivity contribution is 9.10. The third-order valence-electron chi connectivity index (χ3n) is 2.21. The smallest absolute Gasteiger partial charge is 0.150 e. The zero-order chi connectivity index (χ0) is 13.1. The number of aldehydes is 1. The Kier molecular flexibility index (Phi) is 4.14. The van der Waals surface area contributed by atoms with Crippen LogP contribution in [0, 0.1) is 11.6 Å². The molecule has 0 amide bonds. The summed E-state index contributed by atoms with van der Waals surface area (Å²) in [5, 5.41) is 0. The summed E-state index contributed by atoms with van der Waals surface area (Å²) in [5.74, 6) is -1.21. The molecule has 2 aromatic carbocycles. The minimum Gasteiger partial charge on any atom is -0.298 e. The molecule has 2 aromatic rings. The van der Waals surface area contributed by atoms with Gasteiger partial charge in [0.1, 0.15) is 17.9 Å². The topological polar surface area (TPSA) is 17.1 Å². The molecular weight excluding hydrogens is 322 g/mol. The lowest BCUT2D eigenvalue weighted by molar-refractivity contribution is 0.112. The first-order valence-electron chi connectivity index (χ1n) is 4.98. The predicted molar refractivity (Wildman–Crippen MR) is 70.0 cm³/mol. The van der Waals surface area contributed by atoms with E-state index >= 15 is 0 Å². The quantitative estimate of drug-likeness (QED) is 0.760. The Morgan fingerprint density at radius 3 is 2.39 bits per heavy atom. The van der Waals surface area contributed by atoms with Crippen LogP contribution in [-0.4, -0.2) is 6.29 Å². The van der Waals surface area contributed by atoms with E-state index in [1.54, 1.807) is 18.2 Å². The van der Waals surface area contributed by atoms with Crippen molar-refractivity contribution in [2.24, 2.45) is 0 Å². The van der Waals surface area contributed by atoms with Gasteiger partial charge in [0.05, 0.1) is 0 Å². The first-order chi connectivity index (χ1) is 8.60. The molecule has 2 rings (SSSR count). The van der Waals surface area contributed by atoms with E-state index in [1.165, 1.54) is 12.1 Å². The van der Waals surface area contributed by atoms with Crippen LogP contribution in [0.1, 0.15) is 10.4 Å². The van der Waals surface area contributed by atoms with Crippen molar-refractivity contribution in [2.45, 2.75) is 9.79 Å². The zero-order valence-corrected chi connectivity index (χ0v) is 11.4. The van der Waals surface area contributed by atoms with Crippen LogP contribution in [-0.2, 0) is 0 Å². The minimum absolute atomic E-state index is 0.330. The van der Waals surface area contributed by atoms with Crippen molar-refractivity contribution < 1.29 is 13.6 Å². The van der Waals surface area contributed by atoms with E-state index < -0.39 is 11.6 Å². The van der Waals surface area contributed by atoms with Gasteiger partial charge in [-0.25, -0.2) is 8.78 Å². The lowest BCUT2D eigenvalue weighted by Gasteiger charge is -2.06. The summed E-state index contributed by atoms with van der Waals surface area (Å²) in [6.45, 7) is 0. The van der Waals surface area contributed by atoms with Gasteiger partial charge < -0.3 is 0 Å². The fourth-order valence-corrected chi connectivity index (χ4v) is 2.81. The fraction of sp³-hybridized carbons (Fsp3) is 0. The van der Waals surface area contributed by atoms with E-state index in [1.807, 2.05) is 0 Å². The molecule has 0 fully saturated rings. The van der Waals surface area contributed by atoms with Crippen LogP contribution in [0.25, 0.3) is 0 Å². The van der Waals surface area contributed by atoms with Gasteiger partial charge in [0.15, 0.2) is 0 Å². The van der Waals surface area contributed by atoms with Gasteiger partial charge in [-0.05, 0) is 40.2 Å². The SMILES string of the molecule is O=Cc1ccc(Sc2ccc(F)cc2F)c(Br)c1. The van der Waals surface area contributed by atoms with Gasteiger partial charge in [0, 0.05) is 25.9 Å². The van der Waals surface area contributed by atoms with Crippen LogP contribution in [0.2, 0.25) is 0 Å². The van der Waals surface area contributed by atoms with Gasteiger partial charge in [-0.3, -0.25) is 4.79 Å². The van der Waals surface area contributed by atoms with E-state index in [9.17, 15) is 13.6 Å². The molecule has 0 aliphatic heterocycles. The third kappa shape index (κ3) is 2.97. The van der Waals surface area contributed by atoms with Gasteiger partial charge >= 0.3 is 0 Å². The minimum atomic E-state index is -0.605. The summed E-state index contributed by atoms with van der Waals surface area (Å²) in [4.78, 5) is 11.7. The number of benzene rings is 2. The lowest BCUT2D eigenvalue weighted by atomic mass is 10.2. The first kappa shape index (κ1) is 13.2. The molecule has 92 valence electrons. The number of rotatable bonds is 3. The van der Waals surface area contributed by atoms with Crippen molar-refractivity contribution in [1.29, 1.82) is 0 Å². The Bertz CT molecular complexity index is 602. The van der Waals surface area contributed by atoms with Crippen molar-refractivity contribution in [1.82, 2.24) is 0 Å². The second kappa shape index (κ2) is 5.63. The molecule has 0 unspecified atom stereocenters. The average molecular weight is 329 g/mol. The summed E-state index contributed by atoms with van der Waals surface area (Å²) in [5.41, 5.74) is 0.533. The molecule has 5 heteroatoms. The molecule has 0 N–H and O–H groups in total. The molecule has 18 heavy (non-hydrogen) atoms. The highest BCUT2D eigenvalue weighted by Gasteiger charge is 2.08. The third-order valence-corrected chi connectivity index (χ3v) is 4.25. The summed E-state index contributed by atoms with van der Waals surface area (Å²) in [6.07, 6.45) is 0.734. The first-order valence-corrected chi connectivity index (χ1v) is 6.59. The molecular formula is C13H7BrF2OS. The number of hydrogen-bond acceptors (Lipinski definition) is 2. The Morgan fingerprint density at radius 1 is 1.06 bits per heavy atom. The monoisotopic (exact) mass is 328 g/mol. The van der Waals surface area contributed by atoms with Crippen LogP contribution in [0.4, 0.5) is 8.78 Å². The number of halogens is 3. The molecule has 0 aliphatic rings. The van der Waals surface area contributed by atoms with Crippen LogP contribution < -0.4 is 0 Å². The van der Waals surface area contributed by atoms with E-state index in [4.69, 9.17) is 0 Å². The summed E-state index contributed by atoms with van der Waals surface area (Å²) >= 11 is 4.47. The predicted octanol–water partition coefficient (Wildman–Crippen LogP) is 4.69. The maximum Gasteiger partial charge on any atom is 0.150 e. The molecule has 0 saturated carbocycles. The molecule has 0 saturated heterocycles. The van der Waals surface area contributed by atoms with E-state index in [0.717, 1.165) is 29.0 Å². The molecule has 0 atom stereocenters. The maximum absolute atomic E-state index is 13.5. The molecule has 0 radical (unpaired) electrons. The van der Waals surface area contributed by atoms with Crippen molar-refractivity contribution in [2.75, 3.05) is 0 Å². The Hall–Kier alpha value is -1.20. The fourth-order valence-electron chi connectivity index (χ4n) is 1.35. The van der Waals surface area contributed by atoms with Crippen LogP contribution >= 0.6 is 27.7 Å². The van der Waals surface area contributed by atoms with Gasteiger partial charge in [0.25, 0.3) is 0 Å². The van der Waals surface area contributed by atoms with Crippen molar-refractivity contribution in [3.05, 3.63) is 58.1 Å². The standard InChI is InChI=1S/C13H7BrF2OS/c14-10-5-8(7-17)1-3-12(10)18-13-4-2-9(15)6-11(13)16/h1-7H. The normalized spacial score (nSPS) is 10.4. The second-order valence-electron chi connectivity index (χ2n) is 3.48. The molecule has 0 aromatic heterocycles. The summed E-state index contributed by atoms with van der Waals surface area (Å²) < 4.78 is 26.9. The molecule has 0 spiro atoms. The Morgan fingerprint density at radius 2 is 1.78 bits per heavy atom. The summed E-state index contributed by atoms with van der Waals surface area (Å²) in [6, 6.07) is 8.43. The second-order valence-corrected chi connectivity index (χ2v) is 5.42. The number of carbonyl (C=O) groups is 1. The summed E-state index contributed by atoms with van der Waals surface area (Å²) in [7, 11) is 0. The largest absolute Gasteiger partial charge is 0.298 e. The van der Waals surface area contributed by atoms with Crippen LogP contribution in [0.3, 0.4) is 0 Å². The van der Waals surface area contributed by atoms with Gasteiger partial charge in [-0.1, -0.05) is 17.8 Å². The zero-order valence-electron chi connectivity index (χ0n) is 8.99. The maximum atomic E-state index is 13.5. The highest BCUT2D eigenvalue weighted by Crippen LogP contribution is 2.35. The lowest BCUT2D eigenvalue weighted by Crippen LogP contribution is -1.85. The average Bonchev–Trinajstić information content (AvgIpc) is 2.34. The van der Waals surface area contributed by atoms with E-state index in [-0.39, 0.29) is 0 Å². The molecule has 0 aliphatic carbocycles. The van der Waals surface area contributed by atoms with Gasteiger partial charge in [-0.15, -0.1) is 0 Å². The van der Waals surface area contributed by atoms with E-state index in [2.05, 4.69) is 15.9 Å². The highest BCUT2D eigenvalue weighted by atomic mass is 79.9. The van der Waals surface area contributed by atoms with Crippen molar-refractivity contribution in [3.63, 3.8) is 0 Å². The van der Waals surface area contributed by atoms with Crippen LogP contribution in [0.15, 0.2) is 50.7 Å². The van der Waals surface area contributed by atoms with E-state index in [0.29, 0.717) is 14.9 Å². The Labute approximate surface area is 115 Å². The van der Waals surface area contributed by atoms with Gasteiger partial charge in [0.2, 0.25) is 0 Å². The Balaban J connectivity index is 2.31. The molecule has 0 bridgehead atoms. The molecule has 1 nitrogen and oxygen atoms in total. The number of hydrogen-bond donors (Lipinski definition) is 0.